The van der Waals surface area contributed by atoms with Gasteiger partial charge in [-0.05, 0) is 31.2 Å². The molecule has 1 unspecified atom stereocenters. The van der Waals surface area contributed by atoms with Gasteiger partial charge in [0, 0.05) is 44.1 Å². The number of piperazine rings is 1. The molecule has 1 saturated heterocycles. The van der Waals surface area contributed by atoms with Crippen molar-refractivity contribution in [2.45, 2.75) is 13.5 Å². The van der Waals surface area contributed by atoms with Gasteiger partial charge in [0.15, 0.2) is 18.1 Å². The Labute approximate surface area is 164 Å². The van der Waals surface area contributed by atoms with Crippen LogP contribution in [-0.4, -0.2) is 67.2 Å². The standard InChI is InChI=1S/C20H26FN5O2/c1-3-24(14-16-5-6-18(28-2)17(21)13-16)15-19(27)25-9-11-26(12-10-25)20-22-7-4-8-23-20/h4-8,13H,3,9-12,14-15H2,1-2H3/p+1. The highest BCUT2D eigenvalue weighted by molar-refractivity contribution is 5.77. The topological polar surface area (TPSA) is 63.0 Å². The van der Waals surface area contributed by atoms with Gasteiger partial charge < -0.3 is 19.4 Å². The van der Waals surface area contributed by atoms with Gasteiger partial charge >= 0.3 is 0 Å². The molecule has 7 nitrogen and oxygen atoms in total. The summed E-state index contributed by atoms with van der Waals surface area (Å²) in [6.07, 6.45) is 3.45. The minimum absolute atomic E-state index is 0.125. The molecule has 0 radical (unpaired) electrons. The van der Waals surface area contributed by atoms with Gasteiger partial charge in [-0.1, -0.05) is 0 Å². The van der Waals surface area contributed by atoms with Crippen LogP contribution in [0, 0.1) is 5.82 Å². The van der Waals surface area contributed by atoms with Gasteiger partial charge in [0.2, 0.25) is 5.95 Å². The Kier molecular flexibility index (Phi) is 6.76. The zero-order valence-electron chi connectivity index (χ0n) is 16.4. The van der Waals surface area contributed by atoms with Crippen LogP contribution in [0.5, 0.6) is 5.75 Å². The third-order valence-electron chi connectivity index (χ3n) is 5.04. The Bertz CT molecular complexity index is 781. The molecule has 1 aromatic carbocycles. The van der Waals surface area contributed by atoms with Crippen LogP contribution in [0.15, 0.2) is 36.7 Å². The van der Waals surface area contributed by atoms with Gasteiger partial charge in [0.25, 0.3) is 5.91 Å². The van der Waals surface area contributed by atoms with E-state index in [1.165, 1.54) is 13.2 Å². The highest BCUT2D eigenvalue weighted by atomic mass is 19.1. The van der Waals surface area contributed by atoms with Gasteiger partial charge in [-0.25, -0.2) is 14.4 Å². The summed E-state index contributed by atoms with van der Waals surface area (Å²) in [5, 5.41) is 0. The number of likely N-dealkylation sites (N-methyl/N-ethyl adjacent to an activating group) is 1. The molecule has 2 heterocycles. The van der Waals surface area contributed by atoms with Crippen LogP contribution < -0.4 is 14.5 Å². The fourth-order valence-corrected chi connectivity index (χ4v) is 3.36. The summed E-state index contributed by atoms with van der Waals surface area (Å²) in [6, 6.07) is 6.75. The number of nitrogens with one attached hydrogen (secondary N) is 1. The number of carbonyl (C=O) groups excluding carboxylic acids is 1. The molecule has 1 aliphatic heterocycles. The monoisotopic (exact) mass is 388 g/mol. The van der Waals surface area contributed by atoms with Crippen molar-refractivity contribution >= 4 is 11.9 Å². The molecular formula is C20H27FN5O2+. The van der Waals surface area contributed by atoms with E-state index in [1.807, 2.05) is 17.9 Å². The number of benzene rings is 1. The van der Waals surface area contributed by atoms with E-state index in [0.717, 1.165) is 30.1 Å². The quantitative estimate of drug-likeness (QED) is 0.743. The Morgan fingerprint density at radius 2 is 1.93 bits per heavy atom. The summed E-state index contributed by atoms with van der Waals surface area (Å²) in [6.45, 7) is 6.58. The van der Waals surface area contributed by atoms with Gasteiger partial charge in [-0.2, -0.15) is 0 Å². The predicted molar refractivity (Wildman–Crippen MR) is 104 cm³/mol. The Hall–Kier alpha value is -2.74. The lowest BCUT2D eigenvalue weighted by molar-refractivity contribution is -0.904. The molecule has 1 fully saturated rings. The molecule has 8 heteroatoms. The minimum Gasteiger partial charge on any atom is -0.494 e. The second kappa shape index (κ2) is 9.45. The lowest BCUT2D eigenvalue weighted by atomic mass is 10.2. The van der Waals surface area contributed by atoms with Crippen LogP contribution in [0.4, 0.5) is 10.3 Å². The summed E-state index contributed by atoms with van der Waals surface area (Å²) < 4.78 is 18.9. The predicted octanol–water partition coefficient (Wildman–Crippen LogP) is 0.378. The third kappa shape index (κ3) is 4.95. The normalized spacial score (nSPS) is 15.4. The van der Waals surface area contributed by atoms with Crippen molar-refractivity contribution in [3.05, 3.63) is 48.0 Å². The number of methoxy groups -OCH3 is 1. The van der Waals surface area contributed by atoms with E-state index in [2.05, 4.69) is 14.9 Å². The summed E-state index contributed by atoms with van der Waals surface area (Å²) in [7, 11) is 1.45. The average molecular weight is 388 g/mol. The lowest BCUT2D eigenvalue weighted by Gasteiger charge is -2.35. The van der Waals surface area contributed by atoms with Crippen LogP contribution in [0.2, 0.25) is 0 Å². The molecule has 0 bridgehead atoms. The van der Waals surface area contributed by atoms with Crippen LogP contribution in [0.1, 0.15) is 12.5 Å². The second-order valence-corrected chi connectivity index (χ2v) is 6.84. The van der Waals surface area contributed by atoms with Crippen molar-refractivity contribution in [2.24, 2.45) is 0 Å². The first-order valence-electron chi connectivity index (χ1n) is 9.56. The molecule has 1 aliphatic rings. The number of hydrogen-bond acceptors (Lipinski definition) is 5. The van der Waals surface area contributed by atoms with Gasteiger partial charge in [0.05, 0.1) is 13.7 Å². The first kappa shape index (κ1) is 20.0. The molecular weight excluding hydrogens is 361 g/mol. The maximum Gasteiger partial charge on any atom is 0.277 e. The van der Waals surface area contributed by atoms with Gasteiger partial charge in [-0.3, -0.25) is 4.79 Å². The number of amides is 1. The molecule has 2 aromatic rings. The van der Waals surface area contributed by atoms with Crippen molar-refractivity contribution < 1.29 is 18.8 Å². The summed E-state index contributed by atoms with van der Waals surface area (Å²) in [5.41, 5.74) is 0.856. The molecule has 28 heavy (non-hydrogen) atoms. The Morgan fingerprint density at radius 1 is 1.21 bits per heavy atom. The number of quaternary nitrogens is 1. The number of halogens is 1. The maximum absolute atomic E-state index is 13.9. The summed E-state index contributed by atoms with van der Waals surface area (Å²) in [5.74, 6) is 0.690. The van der Waals surface area contributed by atoms with Crippen LogP contribution in [0.25, 0.3) is 0 Å². The fraction of sp³-hybridized carbons (Fsp3) is 0.450. The summed E-state index contributed by atoms with van der Waals surface area (Å²) >= 11 is 0. The first-order chi connectivity index (χ1) is 13.6. The lowest BCUT2D eigenvalue weighted by Crippen LogP contribution is -3.11. The fourth-order valence-electron chi connectivity index (χ4n) is 3.36. The average Bonchev–Trinajstić information content (AvgIpc) is 2.74. The van der Waals surface area contributed by atoms with Crippen molar-refractivity contribution in [1.29, 1.82) is 0 Å². The number of anilines is 1. The molecule has 1 N–H and O–H groups in total. The minimum atomic E-state index is -0.374. The molecule has 0 spiro atoms. The maximum atomic E-state index is 13.9. The molecule has 1 atom stereocenters. The van der Waals surface area contributed by atoms with Crippen LogP contribution in [0.3, 0.4) is 0 Å². The number of hydrogen-bond donors (Lipinski definition) is 1. The highest BCUT2D eigenvalue weighted by Crippen LogP contribution is 2.17. The molecule has 3 rings (SSSR count). The molecule has 0 aliphatic carbocycles. The van der Waals surface area contributed by atoms with Crippen molar-refractivity contribution in [2.75, 3.05) is 51.3 Å². The van der Waals surface area contributed by atoms with Gasteiger partial charge in [0.1, 0.15) is 6.54 Å². The third-order valence-corrected chi connectivity index (χ3v) is 5.04. The molecule has 1 amide bonds. The van der Waals surface area contributed by atoms with Gasteiger partial charge in [-0.15, -0.1) is 0 Å². The zero-order valence-corrected chi connectivity index (χ0v) is 16.4. The number of ether oxygens (including phenoxy) is 1. The highest BCUT2D eigenvalue weighted by Gasteiger charge is 2.25. The van der Waals surface area contributed by atoms with E-state index < -0.39 is 0 Å². The van der Waals surface area contributed by atoms with E-state index in [4.69, 9.17) is 4.74 Å². The van der Waals surface area contributed by atoms with E-state index in [-0.39, 0.29) is 17.5 Å². The number of nitrogens with zero attached hydrogens (tertiary/aromatic N) is 4. The largest absolute Gasteiger partial charge is 0.494 e. The van der Waals surface area contributed by atoms with Crippen molar-refractivity contribution in [3.8, 4) is 5.75 Å². The van der Waals surface area contributed by atoms with Crippen molar-refractivity contribution in [3.63, 3.8) is 0 Å². The Balaban J connectivity index is 1.52. The molecule has 150 valence electrons. The SMILES string of the molecule is CC[NH+](CC(=O)N1CCN(c2ncccn2)CC1)Cc1ccc(OC)c(F)c1. The number of rotatable bonds is 7. The van der Waals surface area contributed by atoms with Crippen molar-refractivity contribution in [1.82, 2.24) is 14.9 Å². The number of carbonyl (C=O) groups is 1. The molecule has 0 saturated carbocycles. The van der Waals surface area contributed by atoms with E-state index >= 15 is 0 Å². The van der Waals surface area contributed by atoms with E-state index in [1.54, 1.807) is 24.5 Å². The molecule has 1 aromatic heterocycles. The zero-order chi connectivity index (χ0) is 19.9. The van der Waals surface area contributed by atoms with E-state index in [9.17, 15) is 9.18 Å². The number of aromatic nitrogens is 2. The second-order valence-electron chi connectivity index (χ2n) is 6.84. The van der Waals surface area contributed by atoms with Crippen LogP contribution >= 0.6 is 0 Å². The van der Waals surface area contributed by atoms with Crippen LogP contribution in [-0.2, 0) is 11.3 Å². The van der Waals surface area contributed by atoms with E-state index in [0.29, 0.717) is 32.1 Å². The smallest absolute Gasteiger partial charge is 0.277 e. The summed E-state index contributed by atoms with van der Waals surface area (Å²) in [4.78, 5) is 26.3. The first-order valence-corrected chi connectivity index (χ1v) is 9.56. The Morgan fingerprint density at radius 3 is 2.54 bits per heavy atom.